The van der Waals surface area contributed by atoms with Gasteiger partial charge in [0.05, 0.1) is 0 Å². The number of rotatable bonds is 4. The van der Waals surface area contributed by atoms with Gasteiger partial charge in [0, 0.05) is 26.2 Å². The molecule has 4 nitrogen and oxygen atoms in total. The summed E-state index contributed by atoms with van der Waals surface area (Å²) >= 11 is 0. The minimum Gasteiger partial charge on any atom is -0.436 e. The molecule has 1 amide bonds. The van der Waals surface area contributed by atoms with E-state index in [1.165, 1.54) is 0 Å². The second-order valence-corrected chi connectivity index (χ2v) is 5.91. The maximum absolute atomic E-state index is 12.6. The lowest BCUT2D eigenvalue weighted by atomic mass is 10.0. The molecule has 0 bridgehead atoms. The first kappa shape index (κ1) is 16.5. The molecule has 0 N–H and O–H groups in total. The van der Waals surface area contributed by atoms with Crippen LogP contribution >= 0.6 is 0 Å². The zero-order chi connectivity index (χ0) is 16.8. The largest absolute Gasteiger partial charge is 0.436 e. The molecular weight excluding hydrogens is 300 g/mol. The lowest BCUT2D eigenvalue weighted by molar-refractivity contribution is 0.0592. The van der Waals surface area contributed by atoms with Gasteiger partial charge in [0.15, 0.2) is 6.10 Å². The van der Waals surface area contributed by atoms with Crippen LogP contribution in [-0.4, -0.2) is 48.6 Å². The van der Waals surface area contributed by atoms with Crippen molar-refractivity contribution in [2.45, 2.75) is 6.10 Å². The summed E-state index contributed by atoms with van der Waals surface area (Å²) in [6.45, 7) is 7.74. The molecule has 1 heterocycles. The molecule has 2 aromatic carbocycles. The quantitative estimate of drug-likeness (QED) is 0.865. The van der Waals surface area contributed by atoms with Crippen LogP contribution in [-0.2, 0) is 4.74 Å². The molecule has 4 heteroatoms. The van der Waals surface area contributed by atoms with Gasteiger partial charge in [0.2, 0.25) is 0 Å². The van der Waals surface area contributed by atoms with Gasteiger partial charge >= 0.3 is 6.09 Å². The summed E-state index contributed by atoms with van der Waals surface area (Å²) in [6.07, 6.45) is -0.637. The molecule has 0 spiro atoms. The number of carbonyl (C=O) groups excluding carboxylic acids is 1. The summed E-state index contributed by atoms with van der Waals surface area (Å²) in [7, 11) is 0. The average Bonchev–Trinajstić information content (AvgIpc) is 2.67. The van der Waals surface area contributed by atoms with Gasteiger partial charge in [-0.05, 0) is 24.6 Å². The minimum atomic E-state index is -0.384. The normalized spacial score (nSPS) is 15.5. The van der Waals surface area contributed by atoms with Gasteiger partial charge in [0.1, 0.15) is 0 Å². The molecule has 24 heavy (non-hydrogen) atoms. The lowest BCUT2D eigenvalue weighted by Gasteiger charge is -2.34. The van der Waals surface area contributed by atoms with Crippen molar-refractivity contribution in [3.8, 4) is 0 Å². The van der Waals surface area contributed by atoms with E-state index >= 15 is 0 Å². The average molecular weight is 323 g/mol. The Bertz CT molecular complexity index is 598. The van der Waals surface area contributed by atoms with Crippen LogP contribution in [0.1, 0.15) is 17.2 Å². The number of hydrogen-bond acceptors (Lipinski definition) is 3. The summed E-state index contributed by atoms with van der Waals surface area (Å²) in [5.41, 5.74) is 1.96. The Labute approximate surface area is 143 Å². The predicted molar refractivity (Wildman–Crippen MR) is 94.6 cm³/mol. The molecule has 1 saturated heterocycles. The molecule has 1 aliphatic rings. The molecule has 0 unspecified atom stereocenters. The standard InChI is InChI=1S/C20H23N2O2/c1-2-21-13-15-22(16-14-21)20(23)24-19(17-9-5-3-6-10-17)18-11-7-4-8-12-18/h3-12,19H,1-2,13-16H2. The fourth-order valence-corrected chi connectivity index (χ4v) is 2.91. The van der Waals surface area contributed by atoms with E-state index in [9.17, 15) is 4.79 Å². The number of nitrogens with zero attached hydrogens (tertiary/aromatic N) is 2. The maximum atomic E-state index is 12.6. The zero-order valence-electron chi connectivity index (χ0n) is 13.8. The molecule has 0 aromatic heterocycles. The van der Waals surface area contributed by atoms with Crippen LogP contribution in [0.2, 0.25) is 0 Å². The van der Waals surface area contributed by atoms with E-state index in [0.717, 1.165) is 30.8 Å². The zero-order valence-corrected chi connectivity index (χ0v) is 13.8. The third-order valence-electron chi connectivity index (χ3n) is 4.37. The molecule has 0 saturated carbocycles. The van der Waals surface area contributed by atoms with Crippen molar-refractivity contribution in [1.29, 1.82) is 0 Å². The second-order valence-electron chi connectivity index (χ2n) is 5.91. The Morgan fingerprint density at radius 3 is 1.88 bits per heavy atom. The Balaban J connectivity index is 1.74. The summed E-state index contributed by atoms with van der Waals surface area (Å²) in [5.74, 6) is 0. The van der Waals surface area contributed by atoms with Crippen LogP contribution in [0.5, 0.6) is 0 Å². The van der Waals surface area contributed by atoms with E-state index < -0.39 is 0 Å². The van der Waals surface area contributed by atoms with Crippen molar-refractivity contribution < 1.29 is 9.53 Å². The SMILES string of the molecule is [CH2]CN1CCN(C(=O)OC(c2ccccc2)c2ccccc2)CC1. The number of hydrogen-bond donors (Lipinski definition) is 0. The molecule has 1 radical (unpaired) electrons. The van der Waals surface area contributed by atoms with Crippen LogP contribution in [0.25, 0.3) is 0 Å². The van der Waals surface area contributed by atoms with Crippen molar-refractivity contribution >= 4 is 6.09 Å². The predicted octanol–water partition coefficient (Wildman–Crippen LogP) is 3.36. The topological polar surface area (TPSA) is 32.8 Å². The smallest absolute Gasteiger partial charge is 0.410 e. The molecule has 2 aromatic rings. The Morgan fingerprint density at radius 2 is 1.42 bits per heavy atom. The summed E-state index contributed by atoms with van der Waals surface area (Å²) in [6, 6.07) is 19.8. The van der Waals surface area contributed by atoms with Crippen LogP contribution < -0.4 is 0 Å². The molecule has 0 aliphatic carbocycles. The van der Waals surface area contributed by atoms with Crippen LogP contribution in [0.15, 0.2) is 60.7 Å². The van der Waals surface area contributed by atoms with E-state index in [0.29, 0.717) is 13.1 Å². The van der Waals surface area contributed by atoms with Crippen LogP contribution in [0, 0.1) is 6.92 Å². The van der Waals surface area contributed by atoms with Crippen LogP contribution in [0.3, 0.4) is 0 Å². The van der Waals surface area contributed by atoms with Crippen LogP contribution in [0.4, 0.5) is 4.79 Å². The summed E-state index contributed by atoms with van der Waals surface area (Å²) < 4.78 is 5.88. The van der Waals surface area contributed by atoms with Crippen molar-refractivity contribution in [2.75, 3.05) is 32.7 Å². The van der Waals surface area contributed by atoms with Crippen molar-refractivity contribution in [3.05, 3.63) is 78.7 Å². The number of ether oxygens (including phenoxy) is 1. The monoisotopic (exact) mass is 323 g/mol. The first-order valence-electron chi connectivity index (χ1n) is 8.35. The highest BCUT2D eigenvalue weighted by Gasteiger charge is 2.25. The number of carbonyl (C=O) groups is 1. The maximum Gasteiger partial charge on any atom is 0.410 e. The van der Waals surface area contributed by atoms with Crippen molar-refractivity contribution in [3.63, 3.8) is 0 Å². The lowest BCUT2D eigenvalue weighted by Crippen LogP contribution is -2.48. The fourth-order valence-electron chi connectivity index (χ4n) is 2.91. The third-order valence-corrected chi connectivity index (χ3v) is 4.37. The van der Waals surface area contributed by atoms with E-state index in [1.807, 2.05) is 60.7 Å². The van der Waals surface area contributed by atoms with E-state index in [2.05, 4.69) is 11.8 Å². The Morgan fingerprint density at radius 1 is 0.917 bits per heavy atom. The molecular formula is C20H23N2O2. The fraction of sp³-hybridized carbons (Fsp3) is 0.300. The van der Waals surface area contributed by atoms with E-state index in [4.69, 9.17) is 4.74 Å². The van der Waals surface area contributed by atoms with Crippen molar-refractivity contribution in [2.24, 2.45) is 0 Å². The summed E-state index contributed by atoms with van der Waals surface area (Å²) in [4.78, 5) is 16.6. The highest BCUT2D eigenvalue weighted by Crippen LogP contribution is 2.26. The van der Waals surface area contributed by atoms with Gasteiger partial charge in [-0.1, -0.05) is 60.7 Å². The number of piperazine rings is 1. The van der Waals surface area contributed by atoms with Gasteiger partial charge in [-0.15, -0.1) is 0 Å². The third kappa shape index (κ3) is 3.95. The first-order chi connectivity index (χ1) is 11.8. The second kappa shape index (κ2) is 7.97. The van der Waals surface area contributed by atoms with Gasteiger partial charge in [-0.3, -0.25) is 4.90 Å². The van der Waals surface area contributed by atoms with Gasteiger partial charge in [-0.25, -0.2) is 4.79 Å². The highest BCUT2D eigenvalue weighted by atomic mass is 16.6. The van der Waals surface area contributed by atoms with Gasteiger partial charge < -0.3 is 9.64 Å². The molecule has 125 valence electrons. The molecule has 1 fully saturated rings. The molecule has 3 rings (SSSR count). The van der Waals surface area contributed by atoms with Crippen molar-refractivity contribution in [1.82, 2.24) is 9.80 Å². The highest BCUT2D eigenvalue weighted by molar-refractivity contribution is 5.68. The first-order valence-corrected chi connectivity index (χ1v) is 8.35. The van der Waals surface area contributed by atoms with E-state index in [-0.39, 0.29) is 12.2 Å². The summed E-state index contributed by atoms with van der Waals surface area (Å²) in [5, 5.41) is 0. The van der Waals surface area contributed by atoms with Gasteiger partial charge in [0.25, 0.3) is 0 Å². The Hall–Kier alpha value is -2.33. The number of amides is 1. The molecule has 0 atom stereocenters. The Kier molecular flexibility index (Phi) is 5.49. The molecule has 1 aliphatic heterocycles. The van der Waals surface area contributed by atoms with E-state index in [1.54, 1.807) is 4.90 Å². The van der Waals surface area contributed by atoms with Gasteiger partial charge in [-0.2, -0.15) is 0 Å². The number of benzene rings is 2. The minimum absolute atomic E-state index is 0.253.